The maximum absolute atomic E-state index is 6.86. The number of fused-ring (bicyclic) bond motifs is 1. The molecule has 126 valence electrons. The first-order chi connectivity index (χ1) is 11.5. The molecule has 24 heavy (non-hydrogen) atoms. The number of rotatable bonds is 1. The zero-order valence-corrected chi connectivity index (χ0v) is 15.4. The number of benzene rings is 1. The minimum Gasteiger partial charge on any atom is -0.485 e. The highest BCUT2D eigenvalue weighted by atomic mass is 16.5. The van der Waals surface area contributed by atoms with Gasteiger partial charge in [-0.2, -0.15) is 0 Å². The molecule has 2 nitrogen and oxygen atoms in total. The van der Waals surface area contributed by atoms with Crippen molar-refractivity contribution in [3.8, 4) is 17.0 Å². The van der Waals surface area contributed by atoms with Gasteiger partial charge in [0.25, 0.3) is 0 Å². The van der Waals surface area contributed by atoms with Crippen LogP contribution in [0.4, 0.5) is 0 Å². The van der Waals surface area contributed by atoms with E-state index in [0.717, 1.165) is 5.75 Å². The van der Waals surface area contributed by atoms with Crippen LogP contribution in [0.1, 0.15) is 57.1 Å². The van der Waals surface area contributed by atoms with Gasteiger partial charge in [-0.15, -0.1) is 0 Å². The van der Waals surface area contributed by atoms with Crippen LogP contribution in [0.2, 0.25) is 0 Å². The average molecular weight is 322 g/mol. The summed E-state index contributed by atoms with van der Waals surface area (Å²) in [6, 6.07) is 11.0. The highest BCUT2D eigenvalue weighted by Gasteiger charge is 2.55. The zero-order chi connectivity index (χ0) is 16.9. The van der Waals surface area contributed by atoms with Crippen molar-refractivity contribution in [2.75, 3.05) is 0 Å². The number of nitrogens with zero attached hydrogens (tertiary/aromatic N) is 1. The minimum absolute atomic E-state index is 0.0243. The van der Waals surface area contributed by atoms with Crippen molar-refractivity contribution in [2.45, 2.75) is 63.9 Å². The fourth-order valence-corrected chi connectivity index (χ4v) is 4.80. The number of hydrogen-bond donors (Lipinski definition) is 0. The second-order valence-corrected chi connectivity index (χ2v) is 8.11. The predicted octanol–water partition coefficient (Wildman–Crippen LogP) is 4.86. The van der Waals surface area contributed by atoms with Crippen LogP contribution in [0.15, 0.2) is 36.5 Å². The highest BCUT2D eigenvalue weighted by Crippen LogP contribution is 2.57. The highest BCUT2D eigenvalue weighted by molar-refractivity contribution is 5.73. The number of pyridine rings is 1. The smallest absolute Gasteiger partial charge is 0.216 e. The van der Waals surface area contributed by atoms with Gasteiger partial charge < -0.3 is 4.74 Å². The second kappa shape index (κ2) is 5.34. The zero-order valence-electron chi connectivity index (χ0n) is 15.4. The van der Waals surface area contributed by atoms with Gasteiger partial charge in [-0.05, 0) is 44.2 Å². The molecule has 0 amide bonds. The SMILES string of the molecule is Cc1ccc2c(c1-c1cccc[n+]1C)OC1(CCCCC1)C2(C)C. The Bertz CT molecular complexity index is 785. The molecule has 0 bridgehead atoms. The third-order valence-corrected chi connectivity index (χ3v) is 6.45. The quantitative estimate of drug-likeness (QED) is 0.683. The summed E-state index contributed by atoms with van der Waals surface area (Å²) < 4.78 is 9.06. The molecule has 2 heterocycles. The molecule has 0 atom stereocenters. The lowest BCUT2D eigenvalue weighted by Gasteiger charge is -2.43. The summed E-state index contributed by atoms with van der Waals surface area (Å²) in [6.45, 7) is 6.97. The molecular weight excluding hydrogens is 294 g/mol. The van der Waals surface area contributed by atoms with Gasteiger partial charge in [0, 0.05) is 23.1 Å². The van der Waals surface area contributed by atoms with E-state index in [2.05, 4.69) is 68.9 Å². The van der Waals surface area contributed by atoms with E-state index in [1.807, 2.05) is 0 Å². The Kier molecular flexibility index (Phi) is 3.49. The molecule has 0 radical (unpaired) electrons. The van der Waals surface area contributed by atoms with Crippen molar-refractivity contribution in [3.05, 3.63) is 47.7 Å². The van der Waals surface area contributed by atoms with E-state index in [1.165, 1.54) is 54.5 Å². The van der Waals surface area contributed by atoms with Gasteiger partial charge in [-0.25, -0.2) is 4.57 Å². The molecule has 1 aromatic carbocycles. The Morgan fingerprint density at radius 2 is 1.75 bits per heavy atom. The molecule has 0 N–H and O–H groups in total. The molecule has 1 saturated carbocycles. The first kappa shape index (κ1) is 15.7. The average Bonchev–Trinajstić information content (AvgIpc) is 2.77. The van der Waals surface area contributed by atoms with Crippen LogP contribution < -0.4 is 9.30 Å². The number of ether oxygens (including phenoxy) is 1. The standard InChI is InChI=1S/C22H28NO/c1-16-11-12-17-20(19(16)18-10-6-9-15-23(18)4)24-22(21(17,2)3)13-7-5-8-14-22/h6,9-12,15H,5,7-8,13-14H2,1-4H3/q+1. The molecule has 2 aromatic rings. The maximum atomic E-state index is 6.86. The summed E-state index contributed by atoms with van der Waals surface area (Å²) in [5, 5.41) is 0. The first-order valence-electron chi connectivity index (χ1n) is 9.24. The molecular formula is C22H28NO+. The minimum atomic E-state index is -0.0243. The fourth-order valence-electron chi connectivity index (χ4n) is 4.80. The third-order valence-electron chi connectivity index (χ3n) is 6.45. The van der Waals surface area contributed by atoms with Crippen molar-refractivity contribution in [2.24, 2.45) is 7.05 Å². The number of hydrogen-bond acceptors (Lipinski definition) is 1. The monoisotopic (exact) mass is 322 g/mol. The van der Waals surface area contributed by atoms with Gasteiger partial charge in [-0.1, -0.05) is 32.4 Å². The van der Waals surface area contributed by atoms with E-state index in [1.54, 1.807) is 0 Å². The van der Waals surface area contributed by atoms with Gasteiger partial charge in [0.1, 0.15) is 18.4 Å². The molecule has 2 heteroatoms. The van der Waals surface area contributed by atoms with Crippen molar-refractivity contribution in [1.82, 2.24) is 0 Å². The molecule has 1 spiro atoms. The molecule has 2 aliphatic rings. The topological polar surface area (TPSA) is 13.1 Å². The van der Waals surface area contributed by atoms with Crippen molar-refractivity contribution in [1.29, 1.82) is 0 Å². The molecule has 0 unspecified atom stereocenters. The Labute approximate surface area is 145 Å². The normalized spacial score (nSPS) is 20.7. The fraction of sp³-hybridized carbons (Fsp3) is 0.500. The van der Waals surface area contributed by atoms with Crippen LogP contribution in [0.5, 0.6) is 5.75 Å². The first-order valence-corrected chi connectivity index (χ1v) is 9.24. The molecule has 4 rings (SSSR count). The Morgan fingerprint density at radius 1 is 1.00 bits per heavy atom. The van der Waals surface area contributed by atoms with Crippen LogP contribution in [0.25, 0.3) is 11.3 Å². The second-order valence-electron chi connectivity index (χ2n) is 8.11. The van der Waals surface area contributed by atoms with E-state index >= 15 is 0 Å². The molecule has 1 fully saturated rings. The summed E-state index contributed by atoms with van der Waals surface area (Å²) in [4.78, 5) is 0. The van der Waals surface area contributed by atoms with Gasteiger partial charge in [0.05, 0.1) is 5.56 Å². The maximum Gasteiger partial charge on any atom is 0.216 e. The van der Waals surface area contributed by atoms with Crippen LogP contribution in [0.3, 0.4) is 0 Å². The Hall–Kier alpha value is -1.83. The lowest BCUT2D eigenvalue weighted by molar-refractivity contribution is -0.660. The van der Waals surface area contributed by atoms with E-state index in [-0.39, 0.29) is 11.0 Å². The Morgan fingerprint density at radius 3 is 2.46 bits per heavy atom. The van der Waals surface area contributed by atoms with Crippen LogP contribution >= 0.6 is 0 Å². The third kappa shape index (κ3) is 2.05. The van der Waals surface area contributed by atoms with Gasteiger partial charge in [0.2, 0.25) is 5.69 Å². The number of aromatic nitrogens is 1. The summed E-state index contributed by atoms with van der Waals surface area (Å²) >= 11 is 0. The van der Waals surface area contributed by atoms with E-state index in [0.29, 0.717) is 0 Å². The van der Waals surface area contributed by atoms with Crippen molar-refractivity contribution >= 4 is 0 Å². The van der Waals surface area contributed by atoms with E-state index in [9.17, 15) is 0 Å². The summed E-state index contributed by atoms with van der Waals surface area (Å²) in [5.41, 5.74) is 5.22. The molecule has 1 aliphatic carbocycles. The molecule has 0 saturated heterocycles. The molecule has 1 aliphatic heterocycles. The van der Waals surface area contributed by atoms with E-state index < -0.39 is 0 Å². The number of aryl methyl sites for hydroxylation is 2. The largest absolute Gasteiger partial charge is 0.485 e. The van der Waals surface area contributed by atoms with Gasteiger partial charge >= 0.3 is 0 Å². The predicted molar refractivity (Wildman–Crippen MR) is 97.3 cm³/mol. The van der Waals surface area contributed by atoms with Gasteiger partial charge in [0.15, 0.2) is 6.20 Å². The van der Waals surface area contributed by atoms with Crippen molar-refractivity contribution < 1.29 is 9.30 Å². The van der Waals surface area contributed by atoms with E-state index in [4.69, 9.17) is 4.74 Å². The summed E-state index contributed by atoms with van der Waals surface area (Å²) in [7, 11) is 2.12. The summed E-state index contributed by atoms with van der Waals surface area (Å²) in [5.74, 6) is 1.13. The van der Waals surface area contributed by atoms with Crippen molar-refractivity contribution in [3.63, 3.8) is 0 Å². The summed E-state index contributed by atoms with van der Waals surface area (Å²) in [6.07, 6.45) is 8.37. The lowest BCUT2D eigenvalue weighted by Crippen LogP contribution is -2.49. The van der Waals surface area contributed by atoms with Crippen LogP contribution in [-0.2, 0) is 12.5 Å². The van der Waals surface area contributed by atoms with Gasteiger partial charge in [-0.3, -0.25) is 0 Å². The van der Waals surface area contributed by atoms with Crippen LogP contribution in [0, 0.1) is 6.92 Å². The molecule has 1 aromatic heterocycles. The Balaban J connectivity index is 1.93. The van der Waals surface area contributed by atoms with Crippen LogP contribution in [-0.4, -0.2) is 5.60 Å². The lowest BCUT2D eigenvalue weighted by atomic mass is 9.65.